The Morgan fingerprint density at radius 3 is 2.83 bits per heavy atom. The molecule has 0 saturated heterocycles. The highest BCUT2D eigenvalue weighted by molar-refractivity contribution is 6.32. The minimum atomic E-state index is -0.595. The molecule has 1 aromatic carbocycles. The van der Waals surface area contributed by atoms with E-state index in [4.69, 9.17) is 11.6 Å². The van der Waals surface area contributed by atoms with Crippen molar-refractivity contribution in [3.05, 3.63) is 38.9 Å². The van der Waals surface area contributed by atoms with E-state index in [0.717, 1.165) is 6.42 Å². The van der Waals surface area contributed by atoms with E-state index in [9.17, 15) is 14.9 Å². The molecule has 2 atom stereocenters. The van der Waals surface area contributed by atoms with Crippen molar-refractivity contribution >= 4 is 23.2 Å². The van der Waals surface area contributed by atoms with Crippen LogP contribution in [0.15, 0.2) is 18.2 Å². The molecule has 0 spiro atoms. The van der Waals surface area contributed by atoms with E-state index >= 15 is 0 Å². The van der Waals surface area contributed by atoms with Gasteiger partial charge in [-0.15, -0.1) is 0 Å². The van der Waals surface area contributed by atoms with Crippen molar-refractivity contribution in [2.45, 2.75) is 13.3 Å². The normalized spacial score (nSPS) is 21.4. The molecule has 18 heavy (non-hydrogen) atoms. The number of benzene rings is 1. The van der Waals surface area contributed by atoms with Crippen molar-refractivity contribution in [3.63, 3.8) is 0 Å². The molecule has 1 aromatic rings. The molecule has 1 amide bonds. The van der Waals surface area contributed by atoms with Crippen molar-refractivity contribution in [1.29, 1.82) is 0 Å². The molecule has 96 valence electrons. The van der Waals surface area contributed by atoms with Gasteiger partial charge in [0.2, 0.25) is 0 Å². The van der Waals surface area contributed by atoms with Gasteiger partial charge in [-0.05, 0) is 30.4 Å². The first kappa shape index (κ1) is 12.8. The highest BCUT2D eigenvalue weighted by atomic mass is 35.5. The summed E-state index contributed by atoms with van der Waals surface area (Å²) in [6.07, 6.45) is 1.13. The van der Waals surface area contributed by atoms with Gasteiger partial charge >= 0.3 is 0 Å². The number of carbonyl (C=O) groups excluding carboxylic acids is 1. The number of nitrogens with zero attached hydrogens (tertiary/aromatic N) is 1. The molecule has 0 aliphatic heterocycles. The molecule has 1 aliphatic carbocycles. The summed E-state index contributed by atoms with van der Waals surface area (Å²) in [5.41, 5.74) is 0.0171. The summed E-state index contributed by atoms with van der Waals surface area (Å²) in [5, 5.41) is 13.5. The fourth-order valence-electron chi connectivity index (χ4n) is 1.80. The molecule has 0 bridgehead atoms. The Kier molecular flexibility index (Phi) is 3.52. The van der Waals surface area contributed by atoms with Gasteiger partial charge in [-0.2, -0.15) is 0 Å². The molecule has 1 fully saturated rings. The van der Waals surface area contributed by atoms with Gasteiger partial charge in [0.05, 0.1) is 4.92 Å². The molecule has 0 aromatic heterocycles. The van der Waals surface area contributed by atoms with Crippen molar-refractivity contribution in [2.24, 2.45) is 11.8 Å². The summed E-state index contributed by atoms with van der Waals surface area (Å²) >= 11 is 5.68. The molecule has 2 rings (SSSR count). The van der Waals surface area contributed by atoms with Crippen molar-refractivity contribution in [3.8, 4) is 0 Å². The third-order valence-corrected chi connectivity index (χ3v) is 3.53. The van der Waals surface area contributed by atoms with Gasteiger partial charge < -0.3 is 5.32 Å². The lowest BCUT2D eigenvalue weighted by Crippen LogP contribution is -2.25. The fraction of sp³-hybridized carbons (Fsp3) is 0.417. The Bertz CT molecular complexity index is 504. The van der Waals surface area contributed by atoms with Gasteiger partial charge in [-0.25, -0.2) is 0 Å². The monoisotopic (exact) mass is 268 g/mol. The first-order chi connectivity index (χ1) is 8.49. The third kappa shape index (κ3) is 2.79. The van der Waals surface area contributed by atoms with E-state index in [2.05, 4.69) is 12.2 Å². The lowest BCUT2D eigenvalue weighted by molar-refractivity contribution is -0.384. The number of hydrogen-bond acceptors (Lipinski definition) is 3. The van der Waals surface area contributed by atoms with Crippen molar-refractivity contribution < 1.29 is 9.72 Å². The lowest BCUT2D eigenvalue weighted by atomic mass is 10.2. The van der Waals surface area contributed by atoms with Gasteiger partial charge in [0, 0.05) is 18.2 Å². The van der Waals surface area contributed by atoms with Crippen LogP contribution in [0.3, 0.4) is 0 Å². The molecular weight excluding hydrogens is 256 g/mol. The molecule has 0 heterocycles. The summed E-state index contributed by atoms with van der Waals surface area (Å²) < 4.78 is 0. The molecule has 6 heteroatoms. The number of amides is 1. The van der Waals surface area contributed by atoms with Crippen LogP contribution < -0.4 is 5.32 Å². The van der Waals surface area contributed by atoms with Crippen LogP contribution >= 0.6 is 11.6 Å². The number of rotatable bonds is 4. The van der Waals surface area contributed by atoms with Gasteiger partial charge in [0.15, 0.2) is 0 Å². The van der Waals surface area contributed by atoms with Crippen molar-refractivity contribution in [1.82, 2.24) is 5.32 Å². The van der Waals surface area contributed by atoms with Crippen LogP contribution in [0.5, 0.6) is 0 Å². The average molecular weight is 269 g/mol. The third-order valence-electron chi connectivity index (χ3n) is 3.21. The van der Waals surface area contributed by atoms with Crippen LogP contribution in [-0.2, 0) is 0 Å². The van der Waals surface area contributed by atoms with Crippen LogP contribution in [0.4, 0.5) is 5.69 Å². The summed E-state index contributed by atoms with van der Waals surface area (Å²) in [6, 6.07) is 4.06. The Morgan fingerprint density at radius 1 is 1.61 bits per heavy atom. The van der Waals surface area contributed by atoms with E-state index in [-0.39, 0.29) is 22.2 Å². The maximum atomic E-state index is 11.8. The maximum Gasteiger partial charge on any atom is 0.288 e. The first-order valence-corrected chi connectivity index (χ1v) is 6.09. The highest BCUT2D eigenvalue weighted by Gasteiger charge is 2.32. The predicted octanol–water partition coefficient (Wildman–Crippen LogP) is 2.63. The summed E-state index contributed by atoms with van der Waals surface area (Å²) in [6.45, 7) is 2.75. The Labute approximate surface area is 109 Å². The maximum absolute atomic E-state index is 11.8. The highest BCUT2D eigenvalue weighted by Crippen LogP contribution is 2.36. The van der Waals surface area contributed by atoms with Gasteiger partial charge in [-0.1, -0.05) is 18.5 Å². The molecule has 1 saturated carbocycles. The second-order valence-corrected chi connectivity index (χ2v) is 5.01. The Morgan fingerprint density at radius 2 is 2.28 bits per heavy atom. The molecular formula is C12H13ClN2O3. The number of nitro groups is 1. The molecule has 0 radical (unpaired) electrons. The Hall–Kier alpha value is -1.62. The fourth-order valence-corrected chi connectivity index (χ4v) is 1.99. The zero-order chi connectivity index (χ0) is 13.3. The van der Waals surface area contributed by atoms with Crippen LogP contribution in [-0.4, -0.2) is 17.4 Å². The number of nitro benzene ring substituents is 1. The SMILES string of the molecule is CC1CC1CNC(=O)c1ccc(Cl)c([N+](=O)[O-])c1. The summed E-state index contributed by atoms with van der Waals surface area (Å²) in [7, 11) is 0. The van der Waals surface area contributed by atoms with Crippen LogP contribution in [0, 0.1) is 22.0 Å². The smallest absolute Gasteiger partial charge is 0.288 e. The van der Waals surface area contributed by atoms with E-state index < -0.39 is 4.92 Å². The summed E-state index contributed by atoms with van der Waals surface area (Å²) in [5.74, 6) is 0.898. The predicted molar refractivity (Wildman–Crippen MR) is 67.7 cm³/mol. The average Bonchev–Trinajstić information content (AvgIpc) is 3.02. The van der Waals surface area contributed by atoms with Gasteiger partial charge in [0.1, 0.15) is 5.02 Å². The first-order valence-electron chi connectivity index (χ1n) is 5.71. The number of halogens is 1. The van der Waals surface area contributed by atoms with Crippen molar-refractivity contribution in [2.75, 3.05) is 6.54 Å². The minimum absolute atomic E-state index is 0.0346. The molecule has 2 unspecified atom stereocenters. The van der Waals surface area contributed by atoms with Crippen LogP contribution in [0.2, 0.25) is 5.02 Å². The van der Waals surface area contributed by atoms with E-state index in [1.807, 2.05) is 0 Å². The zero-order valence-corrected chi connectivity index (χ0v) is 10.6. The second-order valence-electron chi connectivity index (χ2n) is 4.61. The lowest BCUT2D eigenvalue weighted by Gasteiger charge is -2.04. The molecule has 1 aliphatic rings. The van der Waals surface area contributed by atoms with Crippen LogP contribution in [0.25, 0.3) is 0 Å². The minimum Gasteiger partial charge on any atom is -0.352 e. The van der Waals surface area contributed by atoms with E-state index in [0.29, 0.717) is 18.4 Å². The van der Waals surface area contributed by atoms with E-state index in [1.165, 1.54) is 18.2 Å². The quantitative estimate of drug-likeness (QED) is 0.674. The second kappa shape index (κ2) is 4.94. The summed E-state index contributed by atoms with van der Waals surface area (Å²) in [4.78, 5) is 21.9. The van der Waals surface area contributed by atoms with Crippen LogP contribution in [0.1, 0.15) is 23.7 Å². The molecule has 5 nitrogen and oxygen atoms in total. The number of hydrogen-bond donors (Lipinski definition) is 1. The Balaban J connectivity index is 2.05. The topological polar surface area (TPSA) is 72.2 Å². The largest absolute Gasteiger partial charge is 0.352 e. The standard InChI is InChI=1S/C12H13ClN2O3/c1-7-4-9(7)6-14-12(16)8-2-3-10(13)11(5-8)15(17)18/h2-3,5,7,9H,4,6H2,1H3,(H,14,16). The van der Waals surface area contributed by atoms with Gasteiger partial charge in [0.25, 0.3) is 11.6 Å². The number of nitrogens with one attached hydrogen (secondary N) is 1. The molecule has 1 N–H and O–H groups in total. The van der Waals surface area contributed by atoms with Gasteiger partial charge in [-0.3, -0.25) is 14.9 Å². The number of carbonyl (C=O) groups is 1. The zero-order valence-electron chi connectivity index (χ0n) is 9.85. The van der Waals surface area contributed by atoms with E-state index in [1.54, 1.807) is 0 Å².